The van der Waals surface area contributed by atoms with E-state index in [0.717, 1.165) is 12.8 Å². The summed E-state index contributed by atoms with van der Waals surface area (Å²) in [5.74, 6) is 0.0209. The van der Waals surface area contributed by atoms with Crippen LogP contribution in [-0.2, 0) is 0 Å². The van der Waals surface area contributed by atoms with Gasteiger partial charge in [-0.25, -0.2) is 0 Å². The number of benzene rings is 1. The molecule has 0 amide bonds. The van der Waals surface area contributed by atoms with Crippen molar-refractivity contribution in [2.45, 2.75) is 19.3 Å². The molecule has 2 heteroatoms. The molecule has 0 aliphatic rings. The quantitative estimate of drug-likeness (QED) is 0.415. The van der Waals surface area contributed by atoms with E-state index in [-0.39, 0.29) is 5.78 Å². The fourth-order valence-corrected chi connectivity index (χ4v) is 1.19. The molecule has 0 aliphatic carbocycles. The van der Waals surface area contributed by atoms with Gasteiger partial charge in [-0.05, 0) is 18.9 Å². The van der Waals surface area contributed by atoms with Crippen molar-refractivity contribution in [1.82, 2.24) is 0 Å². The number of nitriles is 1. The van der Waals surface area contributed by atoms with Gasteiger partial charge in [0.25, 0.3) is 0 Å². The normalized spacial score (nSPS) is 10.1. The molecule has 0 unspecified atom stereocenters. The maximum Gasteiger partial charge on any atom is 0.185 e. The van der Waals surface area contributed by atoms with Crippen LogP contribution in [0.4, 0.5) is 0 Å². The Morgan fingerprint density at radius 1 is 1.33 bits per heavy atom. The smallest absolute Gasteiger partial charge is 0.185 e. The van der Waals surface area contributed by atoms with Gasteiger partial charge >= 0.3 is 0 Å². The van der Waals surface area contributed by atoms with E-state index in [2.05, 4.69) is 6.07 Å². The van der Waals surface area contributed by atoms with E-state index in [1.807, 2.05) is 24.3 Å². The van der Waals surface area contributed by atoms with Crippen LogP contribution in [-0.4, -0.2) is 5.78 Å². The molecule has 1 aromatic carbocycles. The summed E-state index contributed by atoms with van der Waals surface area (Å²) in [5.41, 5.74) is 0.703. The number of ketones is 1. The first-order chi connectivity index (χ1) is 7.34. The topological polar surface area (TPSA) is 40.9 Å². The van der Waals surface area contributed by atoms with E-state index in [4.69, 9.17) is 5.26 Å². The maximum atomic E-state index is 11.5. The molecular weight excluding hydrogens is 186 g/mol. The van der Waals surface area contributed by atoms with Crippen LogP contribution < -0.4 is 0 Å². The molecule has 0 radical (unpaired) electrons. The minimum absolute atomic E-state index is 0.0209. The Bertz CT molecular complexity index is 373. The molecule has 0 heterocycles. The fraction of sp³-hybridized carbons (Fsp3) is 0.231. The van der Waals surface area contributed by atoms with Crippen LogP contribution in [0.2, 0.25) is 0 Å². The Kier molecular flexibility index (Phi) is 4.89. The van der Waals surface area contributed by atoms with Crippen molar-refractivity contribution in [2.24, 2.45) is 0 Å². The second kappa shape index (κ2) is 6.56. The monoisotopic (exact) mass is 199 g/mol. The Hall–Kier alpha value is -1.88. The number of hydrogen-bond acceptors (Lipinski definition) is 2. The van der Waals surface area contributed by atoms with Crippen molar-refractivity contribution in [1.29, 1.82) is 5.26 Å². The summed E-state index contributed by atoms with van der Waals surface area (Å²) in [6.07, 6.45) is 5.55. The zero-order valence-corrected chi connectivity index (χ0v) is 8.52. The summed E-state index contributed by atoms with van der Waals surface area (Å²) in [4.78, 5) is 11.5. The minimum Gasteiger partial charge on any atom is -0.289 e. The van der Waals surface area contributed by atoms with Gasteiger partial charge in [-0.15, -0.1) is 0 Å². The number of unbranched alkanes of at least 4 members (excludes halogenated alkanes) is 2. The van der Waals surface area contributed by atoms with E-state index in [0.29, 0.717) is 12.0 Å². The van der Waals surface area contributed by atoms with Gasteiger partial charge in [-0.2, -0.15) is 5.26 Å². The highest BCUT2D eigenvalue weighted by atomic mass is 16.1. The van der Waals surface area contributed by atoms with Crippen LogP contribution >= 0.6 is 0 Å². The van der Waals surface area contributed by atoms with Gasteiger partial charge in [0.15, 0.2) is 5.78 Å². The lowest BCUT2D eigenvalue weighted by Crippen LogP contribution is -1.92. The van der Waals surface area contributed by atoms with Gasteiger partial charge in [0.1, 0.15) is 0 Å². The molecule has 0 aliphatic heterocycles. The molecule has 2 nitrogen and oxygen atoms in total. The average Bonchev–Trinajstić information content (AvgIpc) is 2.30. The lowest BCUT2D eigenvalue weighted by molar-refractivity contribution is 0.104. The van der Waals surface area contributed by atoms with Crippen molar-refractivity contribution in [3.05, 3.63) is 48.0 Å². The van der Waals surface area contributed by atoms with Crippen molar-refractivity contribution >= 4 is 5.78 Å². The van der Waals surface area contributed by atoms with Gasteiger partial charge in [-0.1, -0.05) is 36.4 Å². The first-order valence-electron chi connectivity index (χ1n) is 4.97. The standard InChI is InChI=1S/C13H13NO/c14-11-7-2-1-6-10-13(15)12-8-4-3-5-9-12/h3-6,8-10H,1-2,7H2/b10-6+. The van der Waals surface area contributed by atoms with E-state index in [1.165, 1.54) is 0 Å². The van der Waals surface area contributed by atoms with E-state index >= 15 is 0 Å². The SMILES string of the molecule is N#CCCC/C=C/C(=O)c1ccccc1. The average molecular weight is 199 g/mol. The summed E-state index contributed by atoms with van der Waals surface area (Å²) in [7, 11) is 0. The summed E-state index contributed by atoms with van der Waals surface area (Å²) >= 11 is 0. The van der Waals surface area contributed by atoms with Crippen molar-refractivity contribution in [2.75, 3.05) is 0 Å². The first-order valence-corrected chi connectivity index (χ1v) is 4.97. The lowest BCUT2D eigenvalue weighted by Gasteiger charge is -1.93. The van der Waals surface area contributed by atoms with Crippen LogP contribution in [0, 0.1) is 11.3 Å². The zero-order valence-electron chi connectivity index (χ0n) is 8.52. The number of nitrogens with zero attached hydrogens (tertiary/aromatic N) is 1. The number of carbonyl (C=O) groups is 1. The molecule has 0 saturated carbocycles. The largest absolute Gasteiger partial charge is 0.289 e. The van der Waals surface area contributed by atoms with Crippen LogP contribution in [0.15, 0.2) is 42.5 Å². The predicted molar refractivity (Wildman–Crippen MR) is 59.4 cm³/mol. The molecule has 0 N–H and O–H groups in total. The second-order valence-electron chi connectivity index (χ2n) is 3.18. The number of hydrogen-bond donors (Lipinski definition) is 0. The highest BCUT2D eigenvalue weighted by Gasteiger charge is 1.98. The van der Waals surface area contributed by atoms with Crippen LogP contribution in [0.25, 0.3) is 0 Å². The summed E-state index contributed by atoms with van der Waals surface area (Å²) in [6.45, 7) is 0. The predicted octanol–water partition coefficient (Wildman–Crippen LogP) is 3.12. The molecule has 15 heavy (non-hydrogen) atoms. The lowest BCUT2D eigenvalue weighted by atomic mass is 10.1. The Morgan fingerprint density at radius 3 is 2.73 bits per heavy atom. The Morgan fingerprint density at radius 2 is 2.07 bits per heavy atom. The molecule has 1 aromatic rings. The van der Waals surface area contributed by atoms with Crippen LogP contribution in [0.1, 0.15) is 29.6 Å². The third-order valence-corrected chi connectivity index (χ3v) is 1.99. The first kappa shape index (κ1) is 11.2. The molecular formula is C13H13NO. The zero-order chi connectivity index (χ0) is 10.9. The molecule has 0 saturated heterocycles. The highest BCUT2D eigenvalue weighted by molar-refractivity contribution is 6.04. The fourth-order valence-electron chi connectivity index (χ4n) is 1.19. The van der Waals surface area contributed by atoms with Gasteiger partial charge in [-0.3, -0.25) is 4.79 Å². The van der Waals surface area contributed by atoms with Crippen LogP contribution in [0.5, 0.6) is 0 Å². The van der Waals surface area contributed by atoms with Gasteiger partial charge in [0, 0.05) is 12.0 Å². The second-order valence-corrected chi connectivity index (χ2v) is 3.18. The highest BCUT2D eigenvalue weighted by Crippen LogP contribution is 2.02. The third kappa shape index (κ3) is 4.24. The molecule has 0 atom stereocenters. The van der Waals surface area contributed by atoms with E-state index in [9.17, 15) is 4.79 Å². The molecule has 0 aromatic heterocycles. The maximum absolute atomic E-state index is 11.5. The van der Waals surface area contributed by atoms with Crippen molar-refractivity contribution in [3.63, 3.8) is 0 Å². The number of carbonyl (C=O) groups excluding carboxylic acids is 1. The Labute approximate surface area is 89.9 Å². The Balaban J connectivity index is 2.40. The van der Waals surface area contributed by atoms with Crippen molar-refractivity contribution < 1.29 is 4.79 Å². The van der Waals surface area contributed by atoms with E-state index < -0.39 is 0 Å². The number of allylic oxidation sites excluding steroid dienone is 2. The molecule has 0 spiro atoms. The number of rotatable bonds is 5. The third-order valence-electron chi connectivity index (χ3n) is 1.99. The van der Waals surface area contributed by atoms with Crippen LogP contribution in [0.3, 0.4) is 0 Å². The minimum atomic E-state index is 0.0209. The molecule has 0 fully saturated rings. The van der Waals surface area contributed by atoms with Gasteiger partial charge in [0.2, 0.25) is 0 Å². The van der Waals surface area contributed by atoms with Crippen molar-refractivity contribution in [3.8, 4) is 6.07 Å². The van der Waals surface area contributed by atoms with Gasteiger partial charge < -0.3 is 0 Å². The summed E-state index contributed by atoms with van der Waals surface area (Å²) < 4.78 is 0. The molecule has 1 rings (SSSR count). The van der Waals surface area contributed by atoms with Gasteiger partial charge in [0.05, 0.1) is 6.07 Å². The van der Waals surface area contributed by atoms with E-state index in [1.54, 1.807) is 18.2 Å². The summed E-state index contributed by atoms with van der Waals surface area (Å²) in [6, 6.07) is 11.2. The summed E-state index contributed by atoms with van der Waals surface area (Å²) in [5, 5.41) is 8.31. The molecule has 0 bridgehead atoms. The molecule has 76 valence electrons.